The Hall–Kier alpha value is -2.26. The molecule has 0 aliphatic rings. The van der Waals surface area contributed by atoms with E-state index in [2.05, 4.69) is 0 Å². The number of fused-ring (bicyclic) bond motifs is 1. The lowest BCUT2D eigenvalue weighted by atomic mass is 10.1. The van der Waals surface area contributed by atoms with Gasteiger partial charge in [0, 0.05) is 0 Å². The monoisotopic (exact) mass is 442 g/mol. The molecule has 0 aromatic heterocycles. The number of hydrogen-bond donors (Lipinski definition) is 2. The van der Waals surface area contributed by atoms with Crippen molar-refractivity contribution in [2.45, 2.75) is 11.0 Å². The average Bonchev–Trinajstić information content (AvgIpc) is 2.43. The molecule has 15 heteroatoms. The third-order valence-corrected chi connectivity index (χ3v) is 5.12. The van der Waals surface area contributed by atoms with Gasteiger partial charge >= 0.3 is 31.3 Å². The van der Waals surface area contributed by atoms with Crippen LogP contribution in [-0.4, -0.2) is 38.1 Å². The lowest BCUT2D eigenvalue weighted by molar-refractivity contribution is -0.0585. The summed E-state index contributed by atoms with van der Waals surface area (Å²) in [5.41, 5.74) is -12.5. The first kappa shape index (κ1) is 22.8. The molecule has 2 aromatic carbocycles. The molecule has 0 radical (unpaired) electrons. The van der Waals surface area contributed by atoms with Crippen LogP contribution in [-0.2, 0) is 23.9 Å². The molecule has 0 aliphatic carbocycles. The number of phenolic OH excluding ortho intramolecular Hbond substituents is 2. The average molecular weight is 442 g/mol. The molecular weight excluding hydrogens is 434 g/mol. The summed E-state index contributed by atoms with van der Waals surface area (Å²) >= 11 is 0. The van der Waals surface area contributed by atoms with Gasteiger partial charge in [-0.05, 0) is 35.0 Å². The molecule has 27 heavy (non-hydrogen) atoms. The Morgan fingerprint density at radius 2 is 1.00 bits per heavy atom. The summed E-state index contributed by atoms with van der Waals surface area (Å²) in [6, 6.07) is 10.1. The SMILES string of the molecule is O=S(=O)(OS(=O)(=O)C(F)(F)F)C(F)(F)F.Oc1ccc2ccc(O)cc2c1. The predicted octanol–water partition coefficient (Wildman–Crippen LogP) is 2.95. The number of rotatable bonds is 2. The Kier molecular flexibility index (Phi) is 6.24. The molecule has 0 atom stereocenters. The van der Waals surface area contributed by atoms with Crippen LogP contribution in [0.15, 0.2) is 36.4 Å². The Labute approximate surface area is 147 Å². The fourth-order valence-electron chi connectivity index (χ4n) is 1.42. The van der Waals surface area contributed by atoms with Crippen molar-refractivity contribution in [2.24, 2.45) is 0 Å². The minimum absolute atomic E-state index is 0.216. The van der Waals surface area contributed by atoms with Crippen molar-refractivity contribution in [1.29, 1.82) is 0 Å². The van der Waals surface area contributed by atoms with Crippen molar-refractivity contribution in [1.82, 2.24) is 0 Å². The largest absolute Gasteiger partial charge is 0.524 e. The molecular formula is C12H8F6O7S2. The van der Waals surface area contributed by atoms with Crippen LogP contribution in [0, 0.1) is 0 Å². The van der Waals surface area contributed by atoms with E-state index in [1.807, 2.05) is 15.8 Å². The van der Waals surface area contributed by atoms with Crippen LogP contribution >= 0.6 is 0 Å². The van der Waals surface area contributed by atoms with Gasteiger partial charge in [-0.2, -0.15) is 43.2 Å². The highest BCUT2D eigenvalue weighted by molar-refractivity contribution is 8.00. The van der Waals surface area contributed by atoms with Gasteiger partial charge in [-0.1, -0.05) is 12.1 Å². The molecule has 152 valence electrons. The molecule has 0 spiro atoms. The van der Waals surface area contributed by atoms with Crippen LogP contribution < -0.4 is 0 Å². The zero-order valence-corrected chi connectivity index (χ0v) is 14.1. The first-order chi connectivity index (χ1) is 12.0. The standard InChI is InChI=1S/C10H8O2.C2F6O5S2/c11-9-3-1-7-2-4-10(12)6-8(7)5-9;3-1(4,5)14(9,10)13-15(11,12)2(6,7)8/h1-6,11-12H;. The molecule has 0 aliphatic heterocycles. The highest BCUT2D eigenvalue weighted by Crippen LogP contribution is 2.32. The Morgan fingerprint density at radius 1 is 0.667 bits per heavy atom. The first-order valence-electron chi connectivity index (χ1n) is 6.22. The summed E-state index contributed by atoms with van der Waals surface area (Å²) in [5.74, 6) is 0.432. The van der Waals surface area contributed by atoms with Crippen molar-refractivity contribution in [3.8, 4) is 11.5 Å². The third-order valence-electron chi connectivity index (χ3n) is 2.55. The summed E-state index contributed by atoms with van der Waals surface area (Å²) in [7, 11) is -13.7. The molecule has 0 heterocycles. The second-order valence-electron chi connectivity index (χ2n) is 4.58. The summed E-state index contributed by atoms with van der Waals surface area (Å²) in [6.45, 7) is 0. The van der Waals surface area contributed by atoms with E-state index >= 15 is 0 Å². The zero-order chi connectivity index (χ0) is 21.3. The van der Waals surface area contributed by atoms with Gasteiger partial charge in [0.2, 0.25) is 0 Å². The van der Waals surface area contributed by atoms with Crippen LogP contribution in [0.5, 0.6) is 11.5 Å². The van der Waals surface area contributed by atoms with Crippen molar-refractivity contribution in [3.63, 3.8) is 0 Å². The van der Waals surface area contributed by atoms with E-state index in [1.165, 1.54) is 0 Å². The molecule has 0 saturated heterocycles. The molecule has 0 saturated carbocycles. The number of halogens is 6. The second-order valence-corrected chi connectivity index (χ2v) is 7.87. The number of aromatic hydroxyl groups is 2. The molecule has 2 aromatic rings. The maximum absolute atomic E-state index is 11.4. The van der Waals surface area contributed by atoms with Gasteiger partial charge in [-0.25, -0.2) is 0 Å². The topological polar surface area (TPSA) is 118 Å². The Morgan fingerprint density at radius 3 is 1.30 bits per heavy atom. The third kappa shape index (κ3) is 5.86. The van der Waals surface area contributed by atoms with Gasteiger partial charge in [0.1, 0.15) is 11.5 Å². The molecule has 2 N–H and O–H groups in total. The van der Waals surface area contributed by atoms with Crippen molar-refractivity contribution in [2.75, 3.05) is 0 Å². The van der Waals surface area contributed by atoms with Crippen LogP contribution in [0.1, 0.15) is 0 Å². The lowest BCUT2D eigenvalue weighted by Gasteiger charge is -2.09. The zero-order valence-electron chi connectivity index (χ0n) is 12.5. The molecule has 0 fully saturated rings. The van der Waals surface area contributed by atoms with E-state index in [9.17, 15) is 43.2 Å². The fraction of sp³-hybridized carbons (Fsp3) is 0.167. The van der Waals surface area contributed by atoms with E-state index in [0.717, 1.165) is 10.8 Å². The van der Waals surface area contributed by atoms with E-state index in [1.54, 1.807) is 24.3 Å². The van der Waals surface area contributed by atoms with Crippen molar-refractivity contribution >= 4 is 31.0 Å². The Bertz CT molecular complexity index is 948. The van der Waals surface area contributed by atoms with Crippen molar-refractivity contribution < 1.29 is 57.0 Å². The second kappa shape index (κ2) is 7.40. The van der Waals surface area contributed by atoms with Gasteiger partial charge < -0.3 is 10.2 Å². The molecule has 2 rings (SSSR count). The summed E-state index contributed by atoms with van der Waals surface area (Å²) in [5, 5.41) is 20.1. The minimum atomic E-state index is -6.85. The van der Waals surface area contributed by atoms with Crippen LogP contribution in [0.3, 0.4) is 0 Å². The van der Waals surface area contributed by atoms with Gasteiger partial charge in [-0.15, -0.1) is 3.63 Å². The normalized spacial score (nSPS) is 13.1. The number of benzene rings is 2. The van der Waals surface area contributed by atoms with Crippen LogP contribution in [0.4, 0.5) is 26.3 Å². The summed E-state index contributed by atoms with van der Waals surface area (Å²) in [4.78, 5) is 0. The van der Waals surface area contributed by atoms with Gasteiger partial charge in [0.25, 0.3) is 0 Å². The summed E-state index contributed by atoms with van der Waals surface area (Å²) in [6.07, 6.45) is 0. The molecule has 0 unspecified atom stereocenters. The smallest absolute Gasteiger partial charge is 0.508 e. The highest BCUT2D eigenvalue weighted by Gasteiger charge is 2.57. The number of alkyl halides is 6. The van der Waals surface area contributed by atoms with Gasteiger partial charge in [0.15, 0.2) is 0 Å². The van der Waals surface area contributed by atoms with Gasteiger partial charge in [-0.3, -0.25) is 0 Å². The summed E-state index contributed by atoms with van der Waals surface area (Å²) < 4.78 is 110. The van der Waals surface area contributed by atoms with Crippen LogP contribution in [0.25, 0.3) is 10.8 Å². The number of phenols is 2. The maximum atomic E-state index is 11.4. The van der Waals surface area contributed by atoms with Crippen molar-refractivity contribution in [3.05, 3.63) is 36.4 Å². The maximum Gasteiger partial charge on any atom is 0.524 e. The van der Waals surface area contributed by atoms with Crippen LogP contribution in [0.2, 0.25) is 0 Å². The highest BCUT2D eigenvalue weighted by atomic mass is 32.3. The predicted molar refractivity (Wildman–Crippen MR) is 78.3 cm³/mol. The number of hydrogen-bond acceptors (Lipinski definition) is 7. The Balaban J connectivity index is 0.000000274. The minimum Gasteiger partial charge on any atom is -0.508 e. The molecule has 0 bridgehead atoms. The van der Waals surface area contributed by atoms with E-state index in [0.29, 0.717) is 0 Å². The van der Waals surface area contributed by atoms with E-state index < -0.39 is 31.3 Å². The van der Waals surface area contributed by atoms with E-state index in [-0.39, 0.29) is 11.5 Å². The lowest BCUT2D eigenvalue weighted by Crippen LogP contribution is -2.34. The first-order valence-corrected chi connectivity index (χ1v) is 9.03. The van der Waals surface area contributed by atoms with E-state index in [4.69, 9.17) is 10.2 Å². The molecule has 7 nitrogen and oxygen atoms in total. The fourth-order valence-corrected chi connectivity index (χ4v) is 2.98. The van der Waals surface area contributed by atoms with Gasteiger partial charge in [0.05, 0.1) is 0 Å². The quantitative estimate of drug-likeness (QED) is 0.542. The molecule has 0 amide bonds.